The maximum absolute atomic E-state index is 11.1. The molecule has 3 N–H and O–H groups in total. The van der Waals surface area contributed by atoms with Crippen LogP contribution in [0.25, 0.3) is 10.9 Å². The normalized spacial score (nSPS) is 12.3. The Morgan fingerprint density at radius 1 is 1.47 bits per heavy atom. The van der Waals surface area contributed by atoms with Gasteiger partial charge in [0.1, 0.15) is 11.3 Å². The van der Waals surface area contributed by atoms with E-state index >= 15 is 0 Å². The summed E-state index contributed by atoms with van der Waals surface area (Å²) in [7, 11) is 0. The molecule has 0 fully saturated rings. The third-order valence-electron chi connectivity index (χ3n) is 2.86. The lowest BCUT2D eigenvalue weighted by molar-refractivity contribution is -0.145. The van der Waals surface area contributed by atoms with Gasteiger partial charge < -0.3 is 15.6 Å². The van der Waals surface area contributed by atoms with Crippen molar-refractivity contribution in [2.24, 2.45) is 0 Å². The zero-order valence-electron chi connectivity index (χ0n) is 10.7. The number of hydrogen-bond acceptors (Lipinski definition) is 4. The number of aromatic nitrogens is 1. The highest BCUT2D eigenvalue weighted by Crippen LogP contribution is 2.29. The number of carboxylic acids is 1. The van der Waals surface area contributed by atoms with E-state index < -0.39 is 12.1 Å². The molecular weight excluding hydrogens is 244 g/mol. The lowest BCUT2D eigenvalue weighted by atomic mass is 10.1. The lowest BCUT2D eigenvalue weighted by Gasteiger charge is -2.16. The van der Waals surface area contributed by atoms with Crippen LogP contribution in [-0.4, -0.2) is 22.2 Å². The molecule has 5 heteroatoms. The average Bonchev–Trinajstić information content (AvgIpc) is 2.41. The monoisotopic (exact) mass is 260 g/mol. The number of fused-ring (bicyclic) bond motifs is 1. The Bertz CT molecular complexity index is 598. The Kier molecular flexibility index (Phi) is 3.85. The van der Waals surface area contributed by atoms with Crippen LogP contribution in [0.15, 0.2) is 30.5 Å². The van der Waals surface area contributed by atoms with E-state index in [4.69, 9.17) is 15.6 Å². The SMILES string of the molecule is CCCC(Oc1ccc(N)c2cccnc12)C(=O)O. The van der Waals surface area contributed by atoms with Crippen LogP contribution in [0.5, 0.6) is 5.75 Å². The van der Waals surface area contributed by atoms with Crippen LogP contribution in [0.1, 0.15) is 19.8 Å². The highest BCUT2D eigenvalue weighted by molar-refractivity contribution is 5.94. The van der Waals surface area contributed by atoms with Crippen LogP contribution in [0.3, 0.4) is 0 Å². The number of aliphatic carboxylic acids is 1. The number of nitrogens with zero attached hydrogens (tertiary/aromatic N) is 1. The molecular formula is C14H16N2O3. The van der Waals surface area contributed by atoms with Crippen molar-refractivity contribution in [3.63, 3.8) is 0 Å². The molecule has 2 aromatic rings. The number of benzene rings is 1. The Morgan fingerprint density at radius 3 is 2.95 bits per heavy atom. The standard InChI is InChI=1S/C14H16N2O3/c1-2-4-12(14(17)18)19-11-7-6-10(15)9-5-3-8-16-13(9)11/h3,5-8,12H,2,4,15H2,1H3,(H,17,18). The minimum atomic E-state index is -0.970. The van der Waals surface area contributed by atoms with Crippen molar-refractivity contribution in [2.75, 3.05) is 5.73 Å². The number of pyridine rings is 1. The summed E-state index contributed by atoms with van der Waals surface area (Å²) in [5, 5.41) is 9.89. The van der Waals surface area contributed by atoms with Gasteiger partial charge in [0.05, 0.1) is 0 Å². The number of hydrogen-bond donors (Lipinski definition) is 2. The first kappa shape index (κ1) is 13.1. The molecule has 1 atom stereocenters. The molecule has 0 amide bonds. The van der Waals surface area contributed by atoms with Crippen molar-refractivity contribution in [1.29, 1.82) is 0 Å². The smallest absolute Gasteiger partial charge is 0.344 e. The highest BCUT2D eigenvalue weighted by Gasteiger charge is 2.19. The van der Waals surface area contributed by atoms with Crippen LogP contribution in [0.2, 0.25) is 0 Å². The molecule has 100 valence electrons. The van der Waals surface area contributed by atoms with Crippen molar-refractivity contribution in [2.45, 2.75) is 25.9 Å². The Morgan fingerprint density at radius 2 is 2.26 bits per heavy atom. The second-order valence-electron chi connectivity index (χ2n) is 4.29. The van der Waals surface area contributed by atoms with Crippen LogP contribution >= 0.6 is 0 Å². The first-order valence-corrected chi connectivity index (χ1v) is 6.16. The molecule has 19 heavy (non-hydrogen) atoms. The minimum Gasteiger partial charge on any atom is -0.479 e. The zero-order valence-corrected chi connectivity index (χ0v) is 10.7. The lowest BCUT2D eigenvalue weighted by Crippen LogP contribution is -2.26. The molecule has 1 heterocycles. The quantitative estimate of drug-likeness (QED) is 0.806. The predicted molar refractivity (Wildman–Crippen MR) is 73.1 cm³/mol. The molecule has 1 aromatic heterocycles. The van der Waals surface area contributed by atoms with Gasteiger partial charge in [-0.1, -0.05) is 13.3 Å². The van der Waals surface area contributed by atoms with E-state index in [0.717, 1.165) is 11.8 Å². The summed E-state index contributed by atoms with van der Waals surface area (Å²) >= 11 is 0. The molecule has 0 aliphatic heterocycles. The van der Waals surface area contributed by atoms with Crippen molar-refractivity contribution in [3.8, 4) is 5.75 Å². The first-order chi connectivity index (χ1) is 9.13. The molecule has 0 spiro atoms. The maximum atomic E-state index is 11.1. The van der Waals surface area contributed by atoms with Crippen LogP contribution < -0.4 is 10.5 Å². The van der Waals surface area contributed by atoms with E-state index in [2.05, 4.69) is 4.98 Å². The van der Waals surface area contributed by atoms with Gasteiger partial charge in [-0.15, -0.1) is 0 Å². The van der Waals surface area contributed by atoms with Gasteiger partial charge in [0, 0.05) is 17.3 Å². The molecule has 2 rings (SSSR count). The van der Waals surface area contributed by atoms with E-state index in [1.54, 1.807) is 24.4 Å². The average molecular weight is 260 g/mol. The molecule has 0 aliphatic carbocycles. The summed E-state index contributed by atoms with van der Waals surface area (Å²) < 4.78 is 5.57. The van der Waals surface area contributed by atoms with E-state index in [1.165, 1.54) is 0 Å². The Hall–Kier alpha value is -2.30. The van der Waals surface area contributed by atoms with Crippen molar-refractivity contribution in [3.05, 3.63) is 30.5 Å². The molecule has 0 saturated carbocycles. The van der Waals surface area contributed by atoms with Crippen LogP contribution in [0.4, 0.5) is 5.69 Å². The Labute approximate surface area is 111 Å². The van der Waals surface area contributed by atoms with Gasteiger partial charge in [-0.3, -0.25) is 4.98 Å². The summed E-state index contributed by atoms with van der Waals surface area (Å²) in [6.07, 6.45) is 1.95. The topological polar surface area (TPSA) is 85.4 Å². The highest BCUT2D eigenvalue weighted by atomic mass is 16.5. The van der Waals surface area contributed by atoms with Gasteiger partial charge in [-0.05, 0) is 30.7 Å². The fourth-order valence-electron chi connectivity index (χ4n) is 1.91. The largest absolute Gasteiger partial charge is 0.479 e. The third kappa shape index (κ3) is 2.76. The molecule has 0 aliphatic rings. The van der Waals surface area contributed by atoms with Crippen molar-refractivity contribution in [1.82, 2.24) is 4.98 Å². The van der Waals surface area contributed by atoms with E-state index in [0.29, 0.717) is 23.4 Å². The fourth-order valence-corrected chi connectivity index (χ4v) is 1.91. The summed E-state index contributed by atoms with van der Waals surface area (Å²) in [6, 6.07) is 6.98. The number of anilines is 1. The zero-order chi connectivity index (χ0) is 13.8. The molecule has 1 unspecified atom stereocenters. The third-order valence-corrected chi connectivity index (χ3v) is 2.86. The second-order valence-corrected chi connectivity index (χ2v) is 4.29. The van der Waals surface area contributed by atoms with Gasteiger partial charge >= 0.3 is 5.97 Å². The predicted octanol–water partition coefficient (Wildman–Crippen LogP) is 2.45. The summed E-state index contributed by atoms with van der Waals surface area (Å²) in [4.78, 5) is 15.3. The van der Waals surface area contributed by atoms with E-state index in [1.807, 2.05) is 13.0 Å². The van der Waals surface area contributed by atoms with E-state index in [-0.39, 0.29) is 0 Å². The number of carbonyl (C=O) groups is 1. The fraction of sp³-hybridized carbons (Fsp3) is 0.286. The number of carboxylic acid groups (broad SMARTS) is 1. The van der Waals surface area contributed by atoms with Gasteiger partial charge in [0.2, 0.25) is 0 Å². The molecule has 0 saturated heterocycles. The molecule has 1 aromatic carbocycles. The molecule has 5 nitrogen and oxygen atoms in total. The van der Waals surface area contributed by atoms with Crippen molar-refractivity contribution >= 4 is 22.6 Å². The summed E-state index contributed by atoms with van der Waals surface area (Å²) in [6.45, 7) is 1.92. The van der Waals surface area contributed by atoms with Gasteiger partial charge in [-0.25, -0.2) is 4.79 Å². The maximum Gasteiger partial charge on any atom is 0.344 e. The van der Waals surface area contributed by atoms with Gasteiger partial charge in [-0.2, -0.15) is 0 Å². The minimum absolute atomic E-state index is 0.450. The number of rotatable bonds is 5. The first-order valence-electron chi connectivity index (χ1n) is 6.16. The second kappa shape index (κ2) is 5.56. The number of ether oxygens (including phenoxy) is 1. The summed E-state index contributed by atoms with van der Waals surface area (Å²) in [5.74, 6) is -0.520. The van der Waals surface area contributed by atoms with E-state index in [9.17, 15) is 4.79 Å². The van der Waals surface area contributed by atoms with Gasteiger partial charge in [0.15, 0.2) is 6.10 Å². The summed E-state index contributed by atoms with van der Waals surface area (Å²) in [5.41, 5.74) is 7.05. The number of nitrogens with two attached hydrogens (primary N) is 1. The molecule has 0 bridgehead atoms. The Balaban J connectivity index is 2.40. The number of nitrogen functional groups attached to an aromatic ring is 1. The molecule has 0 radical (unpaired) electrons. The van der Waals surface area contributed by atoms with Gasteiger partial charge in [0.25, 0.3) is 0 Å². The van der Waals surface area contributed by atoms with Crippen molar-refractivity contribution < 1.29 is 14.6 Å². The van der Waals surface area contributed by atoms with Crippen LogP contribution in [0, 0.1) is 0 Å². The van der Waals surface area contributed by atoms with Crippen LogP contribution in [-0.2, 0) is 4.79 Å².